The lowest BCUT2D eigenvalue weighted by Crippen LogP contribution is -2.64. The van der Waals surface area contributed by atoms with Crippen LogP contribution >= 0.6 is 23.2 Å². The third-order valence-electron chi connectivity index (χ3n) is 5.67. The maximum atomic E-state index is 13.4. The van der Waals surface area contributed by atoms with Crippen molar-refractivity contribution in [3.05, 3.63) is 63.6 Å². The summed E-state index contributed by atoms with van der Waals surface area (Å²) >= 11 is 12.3. The topological polar surface area (TPSA) is 75.3 Å². The van der Waals surface area contributed by atoms with Crippen LogP contribution in [0.1, 0.15) is 36.8 Å². The molecule has 7 heteroatoms. The van der Waals surface area contributed by atoms with Gasteiger partial charge in [-0.05, 0) is 35.4 Å². The number of carbonyl (C=O) groups is 3. The molecule has 0 aromatic heterocycles. The number of piperidine rings is 1. The summed E-state index contributed by atoms with van der Waals surface area (Å²) in [6.07, 6.45) is 0.272. The van der Waals surface area contributed by atoms with Gasteiger partial charge in [-0.25, -0.2) is 0 Å². The molecule has 0 saturated carbocycles. The normalized spacial score (nSPS) is 26.0. The van der Waals surface area contributed by atoms with Gasteiger partial charge < -0.3 is 10.6 Å². The number of halogens is 2. The Labute approximate surface area is 172 Å². The molecule has 3 atom stereocenters. The number of Topliss-reactive ketones (excluding diaryl/α,β-unsaturated/α-hetero) is 1. The Bertz CT molecular complexity index is 1010. The van der Waals surface area contributed by atoms with Crippen molar-refractivity contribution in [1.82, 2.24) is 5.32 Å². The van der Waals surface area contributed by atoms with Crippen LogP contribution in [-0.4, -0.2) is 23.6 Å². The van der Waals surface area contributed by atoms with E-state index >= 15 is 0 Å². The number of amides is 2. The van der Waals surface area contributed by atoms with Crippen molar-refractivity contribution in [2.45, 2.75) is 37.1 Å². The van der Waals surface area contributed by atoms with E-state index in [1.165, 1.54) is 0 Å². The lowest BCUT2D eigenvalue weighted by molar-refractivity contribution is -0.138. The summed E-state index contributed by atoms with van der Waals surface area (Å²) in [5.74, 6) is -1.32. The van der Waals surface area contributed by atoms with Crippen molar-refractivity contribution < 1.29 is 14.4 Å². The number of anilines is 1. The number of benzene rings is 2. The van der Waals surface area contributed by atoms with E-state index in [2.05, 4.69) is 10.6 Å². The van der Waals surface area contributed by atoms with Crippen LogP contribution < -0.4 is 10.6 Å². The molecule has 2 aliphatic rings. The second-order valence-corrected chi connectivity index (χ2v) is 8.02. The fourth-order valence-electron chi connectivity index (χ4n) is 4.49. The number of rotatable bonds is 3. The van der Waals surface area contributed by atoms with E-state index in [1.54, 1.807) is 43.3 Å². The van der Waals surface area contributed by atoms with E-state index in [-0.39, 0.29) is 30.4 Å². The molecule has 144 valence electrons. The lowest BCUT2D eigenvalue weighted by atomic mass is 9.59. The van der Waals surface area contributed by atoms with Gasteiger partial charge >= 0.3 is 0 Å². The summed E-state index contributed by atoms with van der Waals surface area (Å²) in [5, 5.41) is 6.65. The van der Waals surface area contributed by atoms with E-state index in [0.717, 1.165) is 5.56 Å². The zero-order valence-electron chi connectivity index (χ0n) is 15.1. The molecule has 1 fully saturated rings. The highest BCUT2D eigenvalue weighted by Crippen LogP contribution is 2.53. The molecule has 2 amide bonds. The first-order valence-electron chi connectivity index (χ1n) is 9.07. The molecule has 2 aromatic carbocycles. The van der Waals surface area contributed by atoms with E-state index in [9.17, 15) is 14.4 Å². The maximum Gasteiger partial charge on any atom is 0.238 e. The highest BCUT2D eigenvalue weighted by atomic mass is 35.5. The van der Waals surface area contributed by atoms with E-state index in [0.29, 0.717) is 21.3 Å². The number of nitrogens with one attached hydrogen (secondary N) is 2. The lowest BCUT2D eigenvalue weighted by Gasteiger charge is -2.45. The molecule has 5 nitrogen and oxygen atoms in total. The first kappa shape index (κ1) is 19.0. The third-order valence-corrected chi connectivity index (χ3v) is 6.14. The molecular weight excluding hydrogens is 399 g/mol. The van der Waals surface area contributed by atoms with Gasteiger partial charge in [0.2, 0.25) is 11.8 Å². The molecule has 1 spiro atoms. The molecule has 2 aliphatic heterocycles. The van der Waals surface area contributed by atoms with Gasteiger partial charge in [0.1, 0.15) is 11.5 Å². The van der Waals surface area contributed by atoms with Crippen molar-refractivity contribution in [2.24, 2.45) is 0 Å². The molecule has 2 aromatic rings. The minimum absolute atomic E-state index is 0.0727. The zero-order valence-corrected chi connectivity index (χ0v) is 16.6. The Morgan fingerprint density at radius 2 is 1.89 bits per heavy atom. The number of carbonyl (C=O) groups excluding carboxylic acids is 3. The molecule has 0 radical (unpaired) electrons. The van der Waals surface area contributed by atoms with Gasteiger partial charge in [0.15, 0.2) is 5.78 Å². The third kappa shape index (κ3) is 2.73. The van der Waals surface area contributed by atoms with Crippen LogP contribution in [0.4, 0.5) is 5.69 Å². The van der Waals surface area contributed by atoms with Crippen LogP contribution in [0.3, 0.4) is 0 Å². The van der Waals surface area contributed by atoms with E-state index < -0.39 is 17.4 Å². The fourth-order valence-corrected chi connectivity index (χ4v) is 4.86. The van der Waals surface area contributed by atoms with Gasteiger partial charge in [-0.15, -0.1) is 0 Å². The average molecular weight is 417 g/mol. The maximum absolute atomic E-state index is 13.4. The van der Waals surface area contributed by atoms with Crippen LogP contribution in [0, 0.1) is 0 Å². The Balaban J connectivity index is 2.01. The minimum Gasteiger partial charge on any atom is -0.345 e. The van der Waals surface area contributed by atoms with Crippen molar-refractivity contribution >= 4 is 46.5 Å². The van der Waals surface area contributed by atoms with Crippen molar-refractivity contribution in [2.75, 3.05) is 5.32 Å². The predicted octanol–water partition coefficient (Wildman–Crippen LogP) is 3.83. The molecule has 0 aliphatic carbocycles. The van der Waals surface area contributed by atoms with Gasteiger partial charge in [0.05, 0.1) is 0 Å². The zero-order chi connectivity index (χ0) is 20.1. The standard InChI is InChI=1S/C21H18Cl2N2O3/c1-2-17(26)19-21(14-7-6-13(23)9-16(14)24-20(21)28)15(10-18(27)25-19)11-4-3-5-12(22)8-11/h3-9,15,19H,2,10H2,1H3,(H,24,28)(H,25,27)/t15-,19+,21-/m0/s1. The van der Waals surface area contributed by atoms with Crippen LogP contribution in [0.25, 0.3) is 0 Å². The molecule has 2 N–H and O–H groups in total. The van der Waals surface area contributed by atoms with Crippen LogP contribution in [0.5, 0.6) is 0 Å². The largest absolute Gasteiger partial charge is 0.345 e. The van der Waals surface area contributed by atoms with Crippen LogP contribution in [0.15, 0.2) is 42.5 Å². The van der Waals surface area contributed by atoms with Crippen LogP contribution in [0.2, 0.25) is 10.0 Å². The summed E-state index contributed by atoms with van der Waals surface area (Å²) < 4.78 is 0. The number of hydrogen-bond acceptors (Lipinski definition) is 3. The van der Waals surface area contributed by atoms with Gasteiger partial charge in [-0.2, -0.15) is 0 Å². The van der Waals surface area contributed by atoms with E-state index in [4.69, 9.17) is 23.2 Å². The van der Waals surface area contributed by atoms with Gasteiger partial charge in [0, 0.05) is 34.5 Å². The fraction of sp³-hybridized carbons (Fsp3) is 0.286. The molecular formula is C21H18Cl2N2O3. The molecule has 1 saturated heterocycles. The monoisotopic (exact) mass is 416 g/mol. The van der Waals surface area contributed by atoms with Crippen LogP contribution in [-0.2, 0) is 19.8 Å². The summed E-state index contributed by atoms with van der Waals surface area (Å²) in [5.41, 5.74) is 0.716. The minimum atomic E-state index is -1.26. The summed E-state index contributed by atoms with van der Waals surface area (Å²) in [7, 11) is 0. The first-order valence-corrected chi connectivity index (χ1v) is 9.82. The second kappa shape index (κ2) is 6.90. The molecule has 4 rings (SSSR count). The van der Waals surface area contributed by atoms with Crippen molar-refractivity contribution in [3.63, 3.8) is 0 Å². The Morgan fingerprint density at radius 3 is 2.61 bits per heavy atom. The average Bonchev–Trinajstić information content (AvgIpc) is 2.94. The number of fused-ring (bicyclic) bond motifs is 2. The predicted molar refractivity (Wildman–Crippen MR) is 108 cm³/mol. The molecule has 0 unspecified atom stereocenters. The van der Waals surface area contributed by atoms with Gasteiger partial charge in [-0.3, -0.25) is 14.4 Å². The van der Waals surface area contributed by atoms with Gasteiger partial charge in [-0.1, -0.05) is 48.3 Å². The Morgan fingerprint density at radius 1 is 1.14 bits per heavy atom. The molecule has 28 heavy (non-hydrogen) atoms. The highest BCUT2D eigenvalue weighted by molar-refractivity contribution is 6.31. The Hall–Kier alpha value is -2.37. The van der Waals surface area contributed by atoms with Crippen molar-refractivity contribution in [1.29, 1.82) is 0 Å². The number of hydrogen-bond donors (Lipinski definition) is 2. The summed E-state index contributed by atoms with van der Waals surface area (Å²) in [6.45, 7) is 1.72. The SMILES string of the molecule is CCC(=O)[C@H]1NC(=O)C[C@@H](c2cccc(Cl)c2)[C@]12C(=O)Nc1cc(Cl)ccc12. The first-order chi connectivity index (χ1) is 13.4. The summed E-state index contributed by atoms with van der Waals surface area (Å²) in [6, 6.07) is 11.3. The smallest absolute Gasteiger partial charge is 0.238 e. The second-order valence-electron chi connectivity index (χ2n) is 7.15. The Kier molecular flexibility index (Phi) is 4.68. The summed E-state index contributed by atoms with van der Waals surface area (Å²) in [4.78, 5) is 38.9. The molecule has 0 bridgehead atoms. The molecule has 2 heterocycles. The van der Waals surface area contributed by atoms with Gasteiger partial charge in [0.25, 0.3) is 0 Å². The van der Waals surface area contributed by atoms with Crippen molar-refractivity contribution in [3.8, 4) is 0 Å². The highest BCUT2D eigenvalue weighted by Gasteiger charge is 2.62. The number of ketones is 1. The van der Waals surface area contributed by atoms with E-state index in [1.807, 2.05) is 6.07 Å². The quantitative estimate of drug-likeness (QED) is 0.797.